The van der Waals surface area contributed by atoms with Crippen molar-refractivity contribution in [2.45, 2.75) is 34.1 Å². The highest BCUT2D eigenvalue weighted by atomic mass is 16.5. The Labute approximate surface area is 113 Å². The van der Waals surface area contributed by atoms with Gasteiger partial charge < -0.3 is 10.1 Å². The van der Waals surface area contributed by atoms with Crippen LogP contribution in [0, 0.1) is 5.41 Å². The van der Waals surface area contributed by atoms with Gasteiger partial charge in [-0.25, -0.2) is 0 Å². The van der Waals surface area contributed by atoms with Gasteiger partial charge >= 0.3 is 0 Å². The molecule has 0 saturated carbocycles. The first-order valence-corrected chi connectivity index (χ1v) is 6.57. The van der Waals surface area contributed by atoms with Gasteiger partial charge in [0.25, 0.3) is 0 Å². The van der Waals surface area contributed by atoms with Crippen LogP contribution in [0.2, 0.25) is 0 Å². The molecule has 2 aromatic rings. The van der Waals surface area contributed by atoms with Crippen LogP contribution in [-0.2, 0) is 0 Å². The van der Waals surface area contributed by atoms with Crippen LogP contribution in [0.5, 0.6) is 5.88 Å². The molecule has 6 heteroatoms. The molecule has 0 aliphatic heterocycles. The summed E-state index contributed by atoms with van der Waals surface area (Å²) < 4.78 is 5.79. The van der Waals surface area contributed by atoms with E-state index in [2.05, 4.69) is 46.3 Å². The van der Waals surface area contributed by atoms with Gasteiger partial charge in [0.15, 0.2) is 5.65 Å². The van der Waals surface area contributed by atoms with Crippen molar-refractivity contribution in [2.75, 3.05) is 18.5 Å². The van der Waals surface area contributed by atoms with Crippen LogP contribution < -0.4 is 10.1 Å². The molecule has 0 fully saturated rings. The third-order valence-electron chi connectivity index (χ3n) is 2.70. The number of H-pyrrole nitrogens is 1. The molecule has 2 rings (SSSR count). The molecule has 0 aromatic carbocycles. The molecule has 6 nitrogen and oxygen atoms in total. The fourth-order valence-corrected chi connectivity index (χ4v) is 1.61. The highest BCUT2D eigenvalue weighted by molar-refractivity contribution is 5.80. The number of aromatic amines is 1. The summed E-state index contributed by atoms with van der Waals surface area (Å²) in [5.41, 5.74) is 0.934. The summed E-state index contributed by atoms with van der Waals surface area (Å²) in [4.78, 5) is 8.70. The Morgan fingerprint density at radius 1 is 1.32 bits per heavy atom. The summed E-state index contributed by atoms with van der Waals surface area (Å²) in [6.07, 6.45) is 2.66. The molecule has 2 N–H and O–H groups in total. The van der Waals surface area contributed by atoms with Crippen LogP contribution in [-0.4, -0.2) is 33.3 Å². The van der Waals surface area contributed by atoms with E-state index < -0.39 is 0 Å². The van der Waals surface area contributed by atoms with Crippen molar-refractivity contribution in [1.29, 1.82) is 0 Å². The van der Waals surface area contributed by atoms with Gasteiger partial charge in [0, 0.05) is 6.54 Å². The van der Waals surface area contributed by atoms with Crippen molar-refractivity contribution >= 4 is 17.0 Å². The highest BCUT2D eigenvalue weighted by Crippen LogP contribution is 2.24. The van der Waals surface area contributed by atoms with Gasteiger partial charge in [-0.3, -0.25) is 5.10 Å². The highest BCUT2D eigenvalue weighted by Gasteiger charge is 2.13. The minimum Gasteiger partial charge on any atom is -0.477 e. The zero-order chi connectivity index (χ0) is 13.9. The summed E-state index contributed by atoms with van der Waals surface area (Å²) in [6.45, 7) is 9.96. The minimum atomic E-state index is 0.243. The number of nitrogens with zero attached hydrogens (tertiary/aromatic N) is 3. The fraction of sp³-hybridized carbons (Fsp3) is 0.615. The molecule has 0 atom stereocenters. The second kappa shape index (κ2) is 5.42. The lowest BCUT2D eigenvalue weighted by atomic mass is 9.93. The number of hydrogen-bond acceptors (Lipinski definition) is 5. The molecule has 0 saturated heterocycles. The Morgan fingerprint density at radius 3 is 2.79 bits per heavy atom. The third-order valence-corrected chi connectivity index (χ3v) is 2.70. The molecule has 104 valence electrons. The van der Waals surface area contributed by atoms with E-state index in [1.54, 1.807) is 6.20 Å². The van der Waals surface area contributed by atoms with E-state index in [4.69, 9.17) is 4.74 Å². The van der Waals surface area contributed by atoms with E-state index in [9.17, 15) is 0 Å². The van der Waals surface area contributed by atoms with E-state index in [-0.39, 0.29) is 5.41 Å². The standard InChI is InChI=1S/C13H21N5O/c1-5-14-12-16-10-9(8-15-18-10)11(17-12)19-7-6-13(2,3)4/h8H,5-7H2,1-4H3,(H2,14,15,16,17,18). The summed E-state index contributed by atoms with van der Waals surface area (Å²) >= 11 is 0. The smallest absolute Gasteiger partial charge is 0.229 e. The van der Waals surface area contributed by atoms with Crippen LogP contribution in [0.15, 0.2) is 6.20 Å². The minimum absolute atomic E-state index is 0.243. The number of ether oxygens (including phenoxy) is 1. The molecular weight excluding hydrogens is 242 g/mol. The SMILES string of the molecule is CCNc1nc(OCCC(C)(C)C)c2cn[nH]c2n1. The van der Waals surface area contributed by atoms with Gasteiger partial charge in [0.05, 0.1) is 12.8 Å². The fourth-order valence-electron chi connectivity index (χ4n) is 1.61. The van der Waals surface area contributed by atoms with Crippen molar-refractivity contribution in [2.24, 2.45) is 5.41 Å². The number of rotatable bonds is 5. The zero-order valence-corrected chi connectivity index (χ0v) is 11.9. The summed E-state index contributed by atoms with van der Waals surface area (Å²) in [7, 11) is 0. The maximum Gasteiger partial charge on any atom is 0.229 e. The Kier molecular flexibility index (Phi) is 3.87. The first-order chi connectivity index (χ1) is 8.99. The Morgan fingerprint density at radius 2 is 2.11 bits per heavy atom. The Hall–Kier alpha value is -1.85. The number of aromatic nitrogens is 4. The summed E-state index contributed by atoms with van der Waals surface area (Å²) in [6, 6.07) is 0. The van der Waals surface area contributed by atoms with Crippen LogP contribution in [0.25, 0.3) is 11.0 Å². The average molecular weight is 263 g/mol. The maximum absolute atomic E-state index is 5.79. The van der Waals surface area contributed by atoms with Gasteiger partial charge in [0.1, 0.15) is 5.39 Å². The molecule has 0 unspecified atom stereocenters. The zero-order valence-electron chi connectivity index (χ0n) is 11.9. The second-order valence-corrected chi connectivity index (χ2v) is 5.67. The lowest BCUT2D eigenvalue weighted by Gasteiger charge is -2.18. The molecule has 0 spiro atoms. The lowest BCUT2D eigenvalue weighted by molar-refractivity contribution is 0.239. The molecule has 2 heterocycles. The monoisotopic (exact) mass is 263 g/mol. The average Bonchev–Trinajstić information content (AvgIpc) is 2.76. The number of fused-ring (bicyclic) bond motifs is 1. The predicted molar refractivity (Wildman–Crippen MR) is 75.4 cm³/mol. The molecular formula is C13H21N5O. The largest absolute Gasteiger partial charge is 0.477 e. The molecule has 0 radical (unpaired) electrons. The number of nitrogens with one attached hydrogen (secondary N) is 2. The first-order valence-electron chi connectivity index (χ1n) is 6.57. The van der Waals surface area contributed by atoms with Crippen LogP contribution >= 0.6 is 0 Å². The van der Waals surface area contributed by atoms with Crippen LogP contribution in [0.4, 0.5) is 5.95 Å². The van der Waals surface area contributed by atoms with Crippen LogP contribution in [0.1, 0.15) is 34.1 Å². The third kappa shape index (κ3) is 3.56. The second-order valence-electron chi connectivity index (χ2n) is 5.67. The quantitative estimate of drug-likeness (QED) is 0.867. The van der Waals surface area contributed by atoms with Gasteiger partial charge in [-0.1, -0.05) is 20.8 Å². The normalized spacial score (nSPS) is 11.8. The molecule has 0 amide bonds. The molecule has 19 heavy (non-hydrogen) atoms. The van der Waals surface area contributed by atoms with Crippen LogP contribution in [0.3, 0.4) is 0 Å². The van der Waals surface area contributed by atoms with Gasteiger partial charge in [0.2, 0.25) is 11.8 Å². The topological polar surface area (TPSA) is 75.7 Å². The van der Waals surface area contributed by atoms with Crippen molar-refractivity contribution in [3.8, 4) is 5.88 Å². The van der Waals surface area contributed by atoms with E-state index >= 15 is 0 Å². The van der Waals surface area contributed by atoms with E-state index in [0.717, 1.165) is 18.4 Å². The molecule has 0 aliphatic rings. The lowest BCUT2D eigenvalue weighted by Crippen LogP contribution is -2.12. The number of hydrogen-bond donors (Lipinski definition) is 2. The van der Waals surface area contributed by atoms with Gasteiger partial charge in [-0.05, 0) is 18.8 Å². The Bertz CT molecular complexity index is 543. The van der Waals surface area contributed by atoms with E-state index in [1.807, 2.05) is 6.92 Å². The van der Waals surface area contributed by atoms with Crippen molar-refractivity contribution in [3.05, 3.63) is 6.20 Å². The van der Waals surface area contributed by atoms with E-state index in [0.29, 0.717) is 24.1 Å². The van der Waals surface area contributed by atoms with Gasteiger partial charge in [-0.2, -0.15) is 15.1 Å². The van der Waals surface area contributed by atoms with Crippen molar-refractivity contribution in [3.63, 3.8) is 0 Å². The Balaban J connectivity index is 2.18. The number of anilines is 1. The summed E-state index contributed by atoms with van der Waals surface area (Å²) in [5.74, 6) is 1.14. The molecule has 0 bridgehead atoms. The van der Waals surface area contributed by atoms with E-state index in [1.165, 1.54) is 0 Å². The van der Waals surface area contributed by atoms with Gasteiger partial charge in [-0.15, -0.1) is 0 Å². The van der Waals surface area contributed by atoms with Crippen molar-refractivity contribution in [1.82, 2.24) is 20.2 Å². The molecule has 0 aliphatic carbocycles. The van der Waals surface area contributed by atoms with Crippen molar-refractivity contribution < 1.29 is 4.74 Å². The predicted octanol–water partition coefficient (Wildman–Crippen LogP) is 2.60. The summed E-state index contributed by atoms with van der Waals surface area (Å²) in [5, 5.41) is 10.7. The first kappa shape index (κ1) is 13.6. The maximum atomic E-state index is 5.79. The molecule has 2 aromatic heterocycles.